The van der Waals surface area contributed by atoms with Crippen molar-refractivity contribution in [3.05, 3.63) is 29.8 Å². The van der Waals surface area contributed by atoms with Gasteiger partial charge in [-0.05, 0) is 19.1 Å². The molecule has 1 N–H and O–H groups in total. The smallest absolute Gasteiger partial charge is 0.342 e. The first-order valence-corrected chi connectivity index (χ1v) is 5.22. The predicted octanol–water partition coefficient (Wildman–Crippen LogP) is 1.21. The van der Waals surface area contributed by atoms with Crippen molar-refractivity contribution >= 4 is 5.97 Å². The number of benzene rings is 1. The van der Waals surface area contributed by atoms with E-state index in [0.717, 1.165) is 0 Å². The van der Waals surface area contributed by atoms with E-state index in [4.69, 9.17) is 9.47 Å². The molecule has 4 heteroatoms. The van der Waals surface area contributed by atoms with Gasteiger partial charge in [0.05, 0.1) is 7.11 Å². The van der Waals surface area contributed by atoms with Crippen LogP contribution in [0.4, 0.5) is 0 Å². The summed E-state index contributed by atoms with van der Waals surface area (Å²) in [6.07, 6.45) is 0. The predicted molar refractivity (Wildman–Crippen MR) is 59.7 cm³/mol. The molecule has 2 rings (SSSR count). The highest BCUT2D eigenvalue weighted by Gasteiger charge is 2.36. The van der Waals surface area contributed by atoms with Crippen LogP contribution >= 0.6 is 0 Å². The summed E-state index contributed by atoms with van der Waals surface area (Å²) in [5, 5.41) is 3.08. The van der Waals surface area contributed by atoms with Crippen molar-refractivity contribution in [1.82, 2.24) is 5.32 Å². The van der Waals surface area contributed by atoms with Gasteiger partial charge < -0.3 is 14.8 Å². The second-order valence-electron chi connectivity index (χ2n) is 4.14. The van der Waals surface area contributed by atoms with Gasteiger partial charge in [0.15, 0.2) is 0 Å². The quantitative estimate of drug-likeness (QED) is 0.779. The lowest BCUT2D eigenvalue weighted by Crippen LogP contribution is -2.59. The summed E-state index contributed by atoms with van der Waals surface area (Å²) < 4.78 is 10.5. The van der Waals surface area contributed by atoms with Gasteiger partial charge in [-0.15, -0.1) is 0 Å². The lowest BCUT2D eigenvalue weighted by molar-refractivity contribution is -0.0351. The van der Waals surface area contributed by atoms with Crippen LogP contribution in [0.25, 0.3) is 0 Å². The number of carbonyl (C=O) groups excluding carboxylic acids is 1. The van der Waals surface area contributed by atoms with E-state index in [1.54, 1.807) is 25.3 Å². The van der Waals surface area contributed by atoms with Crippen molar-refractivity contribution in [3.8, 4) is 5.75 Å². The molecule has 0 amide bonds. The van der Waals surface area contributed by atoms with Gasteiger partial charge in [-0.3, -0.25) is 0 Å². The molecule has 0 atom stereocenters. The highest BCUT2D eigenvalue weighted by atomic mass is 16.6. The monoisotopic (exact) mass is 221 g/mol. The van der Waals surface area contributed by atoms with Crippen LogP contribution in [-0.2, 0) is 4.74 Å². The summed E-state index contributed by atoms with van der Waals surface area (Å²) in [4.78, 5) is 11.9. The van der Waals surface area contributed by atoms with Crippen LogP contribution in [0.5, 0.6) is 5.75 Å². The third-order valence-corrected chi connectivity index (χ3v) is 2.66. The fourth-order valence-electron chi connectivity index (χ4n) is 1.64. The van der Waals surface area contributed by atoms with Crippen molar-refractivity contribution in [3.63, 3.8) is 0 Å². The number of ether oxygens (including phenoxy) is 2. The molecular weight excluding hydrogens is 206 g/mol. The molecule has 1 aromatic rings. The Bertz CT molecular complexity index is 399. The summed E-state index contributed by atoms with van der Waals surface area (Å²) in [5.41, 5.74) is 0.0934. The Morgan fingerprint density at radius 3 is 2.62 bits per heavy atom. The molecule has 0 spiro atoms. The van der Waals surface area contributed by atoms with E-state index in [9.17, 15) is 4.79 Å². The molecule has 1 aliphatic rings. The number of hydrogen-bond acceptors (Lipinski definition) is 4. The molecule has 1 aliphatic heterocycles. The average molecular weight is 221 g/mol. The number of methoxy groups -OCH3 is 1. The molecule has 1 fully saturated rings. The molecule has 1 aromatic carbocycles. The topological polar surface area (TPSA) is 47.6 Å². The molecule has 0 aromatic heterocycles. The first-order chi connectivity index (χ1) is 7.64. The zero-order valence-corrected chi connectivity index (χ0v) is 9.45. The number of para-hydroxylation sites is 1. The summed E-state index contributed by atoms with van der Waals surface area (Å²) in [7, 11) is 1.54. The van der Waals surface area contributed by atoms with Crippen LogP contribution in [0.1, 0.15) is 17.3 Å². The van der Waals surface area contributed by atoms with Gasteiger partial charge >= 0.3 is 5.97 Å². The summed E-state index contributed by atoms with van der Waals surface area (Å²) in [6.45, 7) is 3.32. The number of rotatable bonds is 3. The molecule has 86 valence electrons. The van der Waals surface area contributed by atoms with Crippen LogP contribution in [0.2, 0.25) is 0 Å². The zero-order valence-electron chi connectivity index (χ0n) is 9.45. The number of esters is 1. The lowest BCUT2D eigenvalue weighted by Gasteiger charge is -2.38. The maximum Gasteiger partial charge on any atom is 0.342 e. The SMILES string of the molecule is COc1ccccc1C(=O)OC1(C)CNC1. The maximum atomic E-state index is 11.9. The van der Waals surface area contributed by atoms with Crippen molar-refractivity contribution < 1.29 is 14.3 Å². The van der Waals surface area contributed by atoms with Gasteiger partial charge in [0.2, 0.25) is 0 Å². The highest BCUT2D eigenvalue weighted by molar-refractivity contribution is 5.92. The van der Waals surface area contributed by atoms with Crippen molar-refractivity contribution in [2.24, 2.45) is 0 Å². The molecule has 4 nitrogen and oxygen atoms in total. The fourth-order valence-corrected chi connectivity index (χ4v) is 1.64. The molecule has 1 saturated heterocycles. The maximum absolute atomic E-state index is 11.9. The van der Waals surface area contributed by atoms with Crippen LogP contribution < -0.4 is 10.1 Å². The zero-order chi connectivity index (χ0) is 11.6. The number of hydrogen-bond donors (Lipinski definition) is 1. The Hall–Kier alpha value is -1.55. The van der Waals surface area contributed by atoms with Crippen LogP contribution in [0.15, 0.2) is 24.3 Å². The van der Waals surface area contributed by atoms with E-state index < -0.39 is 0 Å². The summed E-state index contributed by atoms with van der Waals surface area (Å²) >= 11 is 0. The van der Waals surface area contributed by atoms with Gasteiger partial charge in [0, 0.05) is 13.1 Å². The van der Waals surface area contributed by atoms with Gasteiger partial charge in [-0.1, -0.05) is 12.1 Å². The average Bonchev–Trinajstić information content (AvgIpc) is 2.26. The van der Waals surface area contributed by atoms with Gasteiger partial charge in [0.1, 0.15) is 16.9 Å². The van der Waals surface area contributed by atoms with E-state index >= 15 is 0 Å². The third-order valence-electron chi connectivity index (χ3n) is 2.66. The van der Waals surface area contributed by atoms with Crippen LogP contribution in [0, 0.1) is 0 Å². The molecule has 0 radical (unpaired) electrons. The molecule has 16 heavy (non-hydrogen) atoms. The minimum absolute atomic E-state index is 0.332. The largest absolute Gasteiger partial charge is 0.496 e. The minimum atomic E-state index is -0.377. The molecule has 0 aliphatic carbocycles. The van der Waals surface area contributed by atoms with Gasteiger partial charge in [-0.2, -0.15) is 0 Å². The summed E-state index contributed by atoms with van der Waals surface area (Å²) in [5.74, 6) is 0.213. The normalized spacial score (nSPS) is 17.4. The van der Waals surface area contributed by atoms with Crippen molar-refractivity contribution in [1.29, 1.82) is 0 Å². The minimum Gasteiger partial charge on any atom is -0.496 e. The van der Waals surface area contributed by atoms with E-state index in [1.165, 1.54) is 0 Å². The lowest BCUT2D eigenvalue weighted by atomic mass is 10.00. The molecular formula is C12H15NO3. The van der Waals surface area contributed by atoms with E-state index in [2.05, 4.69) is 5.32 Å². The van der Waals surface area contributed by atoms with E-state index in [-0.39, 0.29) is 11.6 Å². The first-order valence-electron chi connectivity index (χ1n) is 5.22. The Kier molecular flexibility index (Phi) is 2.83. The van der Waals surface area contributed by atoms with Crippen LogP contribution in [-0.4, -0.2) is 31.8 Å². The van der Waals surface area contributed by atoms with Crippen molar-refractivity contribution in [2.45, 2.75) is 12.5 Å². The molecule has 0 unspecified atom stereocenters. The van der Waals surface area contributed by atoms with Gasteiger partial charge in [-0.25, -0.2) is 4.79 Å². The fraction of sp³-hybridized carbons (Fsp3) is 0.417. The van der Waals surface area contributed by atoms with Crippen molar-refractivity contribution in [2.75, 3.05) is 20.2 Å². The Morgan fingerprint density at radius 2 is 2.06 bits per heavy atom. The molecule has 1 heterocycles. The molecule has 0 saturated carbocycles. The number of carbonyl (C=O) groups is 1. The van der Waals surface area contributed by atoms with E-state index in [1.807, 2.05) is 13.0 Å². The Labute approximate surface area is 94.6 Å². The number of nitrogens with one attached hydrogen (secondary N) is 1. The van der Waals surface area contributed by atoms with Crippen LogP contribution in [0.3, 0.4) is 0 Å². The molecule has 0 bridgehead atoms. The Balaban J connectivity index is 2.14. The standard InChI is InChI=1S/C12H15NO3/c1-12(7-13-8-12)16-11(14)9-5-3-4-6-10(9)15-2/h3-6,13H,7-8H2,1-2H3. The third kappa shape index (κ3) is 2.02. The van der Waals surface area contributed by atoms with Gasteiger partial charge in [0.25, 0.3) is 0 Å². The van der Waals surface area contributed by atoms with E-state index in [0.29, 0.717) is 24.4 Å². The second-order valence-corrected chi connectivity index (χ2v) is 4.14. The summed E-state index contributed by atoms with van der Waals surface area (Å²) in [6, 6.07) is 7.07. The second kappa shape index (κ2) is 4.14. The first kappa shape index (κ1) is 11.0. The highest BCUT2D eigenvalue weighted by Crippen LogP contribution is 2.23. The Morgan fingerprint density at radius 1 is 1.38 bits per heavy atom.